The second kappa shape index (κ2) is 8.08. The summed E-state index contributed by atoms with van der Waals surface area (Å²) >= 11 is 0. The molecule has 154 valence electrons. The van der Waals surface area contributed by atoms with Gasteiger partial charge in [0, 0.05) is 0 Å². The van der Waals surface area contributed by atoms with Crippen LogP contribution in [-0.2, 0) is 14.8 Å². The van der Waals surface area contributed by atoms with Crippen molar-refractivity contribution in [3.63, 3.8) is 0 Å². The molecule has 1 N–H and O–H groups in total. The lowest BCUT2D eigenvalue weighted by molar-refractivity contribution is -0.122. The second-order valence-electron chi connectivity index (χ2n) is 6.77. The van der Waals surface area contributed by atoms with Gasteiger partial charge in [-0.05, 0) is 36.4 Å². The van der Waals surface area contributed by atoms with Crippen LogP contribution in [-0.4, -0.2) is 33.2 Å². The van der Waals surface area contributed by atoms with Gasteiger partial charge >= 0.3 is 0 Å². The predicted molar refractivity (Wildman–Crippen MR) is 115 cm³/mol. The van der Waals surface area contributed by atoms with Crippen molar-refractivity contribution in [2.75, 3.05) is 22.4 Å². The zero-order valence-corrected chi connectivity index (χ0v) is 17.0. The summed E-state index contributed by atoms with van der Waals surface area (Å²) in [6, 6.07) is 22.9. The largest absolute Gasteiger partial charge is 0.476 e. The number of ether oxygens (including phenoxy) is 2. The van der Waals surface area contributed by atoms with E-state index in [1.807, 2.05) is 30.3 Å². The van der Waals surface area contributed by atoms with E-state index in [1.165, 1.54) is 4.31 Å². The molecule has 1 aliphatic rings. The van der Waals surface area contributed by atoms with Gasteiger partial charge < -0.3 is 14.8 Å². The molecule has 0 bridgehead atoms. The molecule has 3 aromatic carbocycles. The number of para-hydroxylation sites is 5. The normalized spacial score (nSPS) is 15.6. The molecule has 0 radical (unpaired) electrons. The smallest absolute Gasteiger partial charge is 0.267 e. The summed E-state index contributed by atoms with van der Waals surface area (Å²) in [7, 11) is -3.58. The van der Waals surface area contributed by atoms with Crippen LogP contribution in [0.2, 0.25) is 0 Å². The highest BCUT2D eigenvalue weighted by atomic mass is 32.2. The van der Waals surface area contributed by atoms with Crippen molar-refractivity contribution in [1.82, 2.24) is 0 Å². The highest BCUT2D eigenvalue weighted by Crippen LogP contribution is 2.35. The van der Waals surface area contributed by atoms with Crippen LogP contribution >= 0.6 is 0 Å². The number of nitrogens with zero attached hydrogens (tertiary/aromatic N) is 1. The lowest BCUT2D eigenvalue weighted by Crippen LogP contribution is -2.48. The molecule has 1 amide bonds. The topological polar surface area (TPSA) is 84.9 Å². The molecule has 1 aliphatic heterocycles. The van der Waals surface area contributed by atoms with Gasteiger partial charge in [0.25, 0.3) is 5.91 Å². The minimum Gasteiger partial charge on any atom is -0.476 e. The van der Waals surface area contributed by atoms with Crippen LogP contribution in [0.3, 0.4) is 0 Å². The summed E-state index contributed by atoms with van der Waals surface area (Å²) in [5.41, 5.74) is 0.872. The Balaban J connectivity index is 1.57. The molecular formula is C22H20N2O5S. The summed E-state index contributed by atoms with van der Waals surface area (Å²) in [5, 5.41) is 2.79. The number of anilines is 2. The lowest BCUT2D eigenvalue weighted by Gasteiger charge is -2.33. The number of benzene rings is 3. The van der Waals surface area contributed by atoms with Crippen LogP contribution in [0.5, 0.6) is 17.2 Å². The molecule has 0 spiro atoms. The van der Waals surface area contributed by atoms with Gasteiger partial charge in [0.2, 0.25) is 10.0 Å². The van der Waals surface area contributed by atoms with Gasteiger partial charge in [-0.3, -0.25) is 9.10 Å². The Morgan fingerprint density at radius 1 is 1.00 bits per heavy atom. The Morgan fingerprint density at radius 3 is 2.43 bits per heavy atom. The first-order valence-corrected chi connectivity index (χ1v) is 11.1. The van der Waals surface area contributed by atoms with Crippen LogP contribution in [0.25, 0.3) is 0 Å². The molecule has 1 atom stereocenters. The third-order valence-electron chi connectivity index (χ3n) is 4.54. The molecular weight excluding hydrogens is 404 g/mol. The number of carbonyl (C=O) groups is 1. The van der Waals surface area contributed by atoms with Crippen molar-refractivity contribution in [2.45, 2.75) is 6.10 Å². The van der Waals surface area contributed by atoms with E-state index in [2.05, 4.69) is 5.32 Å². The average Bonchev–Trinajstić information content (AvgIpc) is 2.74. The molecule has 30 heavy (non-hydrogen) atoms. The van der Waals surface area contributed by atoms with E-state index < -0.39 is 22.0 Å². The van der Waals surface area contributed by atoms with Crippen molar-refractivity contribution >= 4 is 27.3 Å². The Labute approximate surface area is 174 Å². The molecule has 0 saturated carbocycles. The molecule has 0 unspecified atom stereocenters. The molecule has 3 aromatic rings. The van der Waals surface area contributed by atoms with E-state index in [4.69, 9.17) is 9.47 Å². The number of nitrogens with one attached hydrogen (secondary N) is 1. The summed E-state index contributed by atoms with van der Waals surface area (Å²) in [5.74, 6) is 0.962. The van der Waals surface area contributed by atoms with E-state index >= 15 is 0 Å². The standard InChI is InChI=1S/C22H20N2O5S/c1-30(26,27)24-15-21(29-20-14-8-6-12-18(20)24)22(25)23-17-11-5-7-13-19(17)28-16-9-3-2-4-10-16/h2-14,21H,15H2,1H3,(H,23,25)/t21-/m0/s1. The van der Waals surface area contributed by atoms with Gasteiger partial charge in [0.15, 0.2) is 11.9 Å². The maximum absolute atomic E-state index is 12.9. The molecule has 0 fully saturated rings. The fourth-order valence-corrected chi connectivity index (χ4v) is 4.05. The number of fused-ring (bicyclic) bond motifs is 1. The molecule has 8 heteroatoms. The third-order valence-corrected chi connectivity index (χ3v) is 5.69. The van der Waals surface area contributed by atoms with Crippen LogP contribution in [0.1, 0.15) is 0 Å². The van der Waals surface area contributed by atoms with E-state index in [-0.39, 0.29) is 6.54 Å². The third kappa shape index (κ3) is 4.23. The Bertz CT molecular complexity index is 1160. The van der Waals surface area contributed by atoms with Crippen LogP contribution in [0.15, 0.2) is 78.9 Å². The first-order chi connectivity index (χ1) is 14.4. The number of carbonyl (C=O) groups excluding carboxylic acids is 1. The Morgan fingerprint density at radius 2 is 1.67 bits per heavy atom. The fourth-order valence-electron chi connectivity index (χ4n) is 3.14. The highest BCUT2D eigenvalue weighted by molar-refractivity contribution is 7.92. The number of sulfonamides is 1. The van der Waals surface area contributed by atoms with Gasteiger partial charge in [-0.15, -0.1) is 0 Å². The zero-order chi connectivity index (χ0) is 21.1. The second-order valence-corrected chi connectivity index (χ2v) is 8.68. The van der Waals surface area contributed by atoms with Crippen molar-refractivity contribution in [3.8, 4) is 17.2 Å². The Kier molecular flexibility index (Phi) is 5.33. The molecule has 0 saturated heterocycles. The van der Waals surface area contributed by atoms with Crippen LogP contribution in [0, 0.1) is 0 Å². The Hall–Kier alpha value is -3.52. The first-order valence-electron chi connectivity index (χ1n) is 9.28. The maximum Gasteiger partial charge on any atom is 0.267 e. The van der Waals surface area contributed by atoms with Crippen molar-refractivity contribution in [1.29, 1.82) is 0 Å². The molecule has 7 nitrogen and oxygen atoms in total. The molecule has 4 rings (SSSR count). The number of rotatable bonds is 5. The van der Waals surface area contributed by atoms with Gasteiger partial charge in [-0.25, -0.2) is 8.42 Å². The predicted octanol–water partition coefficient (Wildman–Crippen LogP) is 3.64. The van der Waals surface area contributed by atoms with E-state index in [0.717, 1.165) is 6.26 Å². The lowest BCUT2D eigenvalue weighted by atomic mass is 10.2. The van der Waals surface area contributed by atoms with Crippen molar-refractivity contribution < 1.29 is 22.7 Å². The van der Waals surface area contributed by atoms with Crippen LogP contribution < -0.4 is 19.1 Å². The summed E-state index contributed by atoms with van der Waals surface area (Å²) in [6.45, 7) is -0.122. The SMILES string of the molecule is CS(=O)(=O)N1C[C@@H](C(=O)Nc2ccccc2Oc2ccccc2)Oc2ccccc21. The highest BCUT2D eigenvalue weighted by Gasteiger charge is 2.35. The number of amides is 1. The van der Waals surface area contributed by atoms with Gasteiger partial charge in [-0.1, -0.05) is 42.5 Å². The minimum absolute atomic E-state index is 0.122. The summed E-state index contributed by atoms with van der Waals surface area (Å²) in [4.78, 5) is 12.9. The van der Waals surface area contributed by atoms with E-state index in [1.54, 1.807) is 48.5 Å². The summed E-state index contributed by atoms with van der Waals surface area (Å²) < 4.78 is 37.3. The van der Waals surface area contributed by atoms with Crippen molar-refractivity contribution in [3.05, 3.63) is 78.9 Å². The van der Waals surface area contributed by atoms with Gasteiger partial charge in [0.1, 0.15) is 11.5 Å². The number of hydrogen-bond acceptors (Lipinski definition) is 5. The minimum atomic E-state index is -3.58. The van der Waals surface area contributed by atoms with Crippen LogP contribution in [0.4, 0.5) is 11.4 Å². The summed E-state index contributed by atoms with van der Waals surface area (Å²) in [6.07, 6.45) is 0.0898. The number of hydrogen-bond donors (Lipinski definition) is 1. The molecule has 0 aliphatic carbocycles. The average molecular weight is 424 g/mol. The molecule has 0 aromatic heterocycles. The maximum atomic E-state index is 12.9. The van der Waals surface area contributed by atoms with Gasteiger partial charge in [-0.2, -0.15) is 0 Å². The fraction of sp³-hybridized carbons (Fsp3) is 0.136. The van der Waals surface area contributed by atoms with Crippen molar-refractivity contribution in [2.24, 2.45) is 0 Å². The van der Waals surface area contributed by atoms with Gasteiger partial charge in [0.05, 0.1) is 24.2 Å². The quantitative estimate of drug-likeness (QED) is 0.676. The van der Waals surface area contributed by atoms with E-state index in [0.29, 0.717) is 28.6 Å². The first kappa shape index (κ1) is 19.8. The monoisotopic (exact) mass is 424 g/mol. The van der Waals surface area contributed by atoms with E-state index in [9.17, 15) is 13.2 Å². The zero-order valence-electron chi connectivity index (χ0n) is 16.2. The molecule has 1 heterocycles.